The highest BCUT2D eigenvalue weighted by atomic mass is 16.2. The number of hydrogen-bond donors (Lipinski definition) is 1. The van der Waals surface area contributed by atoms with Crippen molar-refractivity contribution in [1.82, 2.24) is 10.2 Å². The van der Waals surface area contributed by atoms with E-state index in [1.807, 2.05) is 12.1 Å². The van der Waals surface area contributed by atoms with Crippen molar-refractivity contribution in [3.05, 3.63) is 71.8 Å². The van der Waals surface area contributed by atoms with E-state index in [1.165, 1.54) is 11.1 Å². The third-order valence-electron chi connectivity index (χ3n) is 5.51. The topological polar surface area (TPSA) is 49.4 Å². The Morgan fingerprint density at radius 1 is 0.960 bits per heavy atom. The van der Waals surface area contributed by atoms with Crippen LogP contribution in [0.15, 0.2) is 60.7 Å². The first-order valence-corrected chi connectivity index (χ1v) is 8.83. The molecule has 128 valence electrons. The summed E-state index contributed by atoms with van der Waals surface area (Å²) in [6.45, 7) is 2.38. The van der Waals surface area contributed by atoms with Crippen LogP contribution in [0.25, 0.3) is 0 Å². The minimum atomic E-state index is -0.505. The standard InChI is InChI=1S/C21H22N2O2/c24-19-13-21(20(25)22-19)11-12-23(15-21)14-18(16-7-3-1-4-8-16)17-9-5-2-6-10-17/h1-10,18H,11-15H2,(H,22,24,25)/t21-/m0/s1. The molecule has 2 heterocycles. The summed E-state index contributed by atoms with van der Waals surface area (Å²) >= 11 is 0. The van der Waals surface area contributed by atoms with E-state index >= 15 is 0 Å². The smallest absolute Gasteiger partial charge is 0.234 e. The van der Waals surface area contributed by atoms with Gasteiger partial charge in [0.05, 0.1) is 5.41 Å². The molecule has 2 aromatic carbocycles. The molecule has 0 aromatic heterocycles. The van der Waals surface area contributed by atoms with Crippen molar-refractivity contribution in [2.75, 3.05) is 19.6 Å². The molecule has 4 nitrogen and oxygen atoms in total. The Hall–Kier alpha value is -2.46. The number of likely N-dealkylation sites (tertiary alicyclic amines) is 1. The van der Waals surface area contributed by atoms with Gasteiger partial charge in [0.15, 0.2) is 0 Å². The van der Waals surface area contributed by atoms with E-state index in [2.05, 4.69) is 58.7 Å². The van der Waals surface area contributed by atoms with Gasteiger partial charge in [0, 0.05) is 25.4 Å². The zero-order chi connectivity index (χ0) is 17.3. The van der Waals surface area contributed by atoms with Gasteiger partial charge < -0.3 is 4.90 Å². The largest absolute Gasteiger partial charge is 0.301 e. The number of carbonyl (C=O) groups is 2. The molecule has 2 fully saturated rings. The number of amides is 2. The summed E-state index contributed by atoms with van der Waals surface area (Å²) in [6.07, 6.45) is 1.10. The molecule has 0 unspecified atom stereocenters. The molecule has 2 amide bonds. The number of benzene rings is 2. The SMILES string of the molecule is O=C1C[C@]2(CCN(CC(c3ccccc3)c3ccccc3)C2)C(=O)N1. The van der Waals surface area contributed by atoms with Gasteiger partial charge in [0.1, 0.15) is 0 Å². The summed E-state index contributed by atoms with van der Waals surface area (Å²) in [5.41, 5.74) is 2.05. The van der Waals surface area contributed by atoms with Crippen molar-refractivity contribution < 1.29 is 9.59 Å². The molecule has 0 aliphatic carbocycles. The molecule has 2 aliphatic rings. The second-order valence-electron chi connectivity index (χ2n) is 7.19. The number of nitrogens with one attached hydrogen (secondary N) is 1. The van der Waals surface area contributed by atoms with Crippen LogP contribution < -0.4 is 5.32 Å². The number of hydrogen-bond acceptors (Lipinski definition) is 3. The molecule has 2 aliphatic heterocycles. The van der Waals surface area contributed by atoms with E-state index in [1.54, 1.807) is 0 Å². The number of nitrogens with zero attached hydrogens (tertiary/aromatic N) is 1. The third-order valence-corrected chi connectivity index (χ3v) is 5.51. The molecule has 1 spiro atoms. The average molecular weight is 334 g/mol. The summed E-state index contributed by atoms with van der Waals surface area (Å²) < 4.78 is 0. The Kier molecular flexibility index (Phi) is 4.14. The minimum absolute atomic E-state index is 0.0871. The lowest BCUT2D eigenvalue weighted by Gasteiger charge is -2.26. The molecule has 4 heteroatoms. The van der Waals surface area contributed by atoms with Crippen molar-refractivity contribution >= 4 is 11.8 Å². The lowest BCUT2D eigenvalue weighted by atomic mass is 9.85. The van der Waals surface area contributed by atoms with E-state index in [0.717, 1.165) is 19.5 Å². The Balaban J connectivity index is 1.56. The van der Waals surface area contributed by atoms with Crippen LogP contribution in [0, 0.1) is 5.41 Å². The van der Waals surface area contributed by atoms with Gasteiger partial charge >= 0.3 is 0 Å². The molecule has 2 saturated heterocycles. The predicted octanol–water partition coefficient (Wildman–Crippen LogP) is 2.56. The fourth-order valence-corrected chi connectivity index (χ4v) is 4.17. The van der Waals surface area contributed by atoms with Crippen molar-refractivity contribution in [3.63, 3.8) is 0 Å². The zero-order valence-electron chi connectivity index (χ0n) is 14.2. The fraction of sp³-hybridized carbons (Fsp3) is 0.333. The van der Waals surface area contributed by atoms with Crippen LogP contribution in [0.2, 0.25) is 0 Å². The number of imide groups is 1. The lowest BCUT2D eigenvalue weighted by molar-refractivity contribution is -0.128. The maximum atomic E-state index is 12.2. The van der Waals surface area contributed by atoms with Crippen LogP contribution in [0.1, 0.15) is 29.9 Å². The van der Waals surface area contributed by atoms with Crippen LogP contribution in [0.3, 0.4) is 0 Å². The first-order chi connectivity index (χ1) is 12.2. The first kappa shape index (κ1) is 16.0. The quantitative estimate of drug-likeness (QED) is 0.874. The van der Waals surface area contributed by atoms with Crippen LogP contribution in [0.4, 0.5) is 0 Å². The maximum absolute atomic E-state index is 12.2. The summed E-state index contributed by atoms with van der Waals surface area (Å²) in [5.74, 6) is 0.0446. The van der Waals surface area contributed by atoms with Gasteiger partial charge in [-0.1, -0.05) is 60.7 Å². The van der Waals surface area contributed by atoms with Gasteiger partial charge in [-0.05, 0) is 24.1 Å². The molecule has 1 atom stereocenters. The van der Waals surface area contributed by atoms with E-state index in [-0.39, 0.29) is 17.7 Å². The van der Waals surface area contributed by atoms with Crippen molar-refractivity contribution in [3.8, 4) is 0 Å². The van der Waals surface area contributed by atoms with E-state index in [4.69, 9.17) is 0 Å². The summed E-state index contributed by atoms with van der Waals surface area (Å²) in [6, 6.07) is 21.0. The average Bonchev–Trinajstić information content (AvgIpc) is 3.17. The highest BCUT2D eigenvalue weighted by Crippen LogP contribution is 2.39. The Morgan fingerprint density at radius 2 is 1.56 bits per heavy atom. The van der Waals surface area contributed by atoms with Gasteiger partial charge in [0.2, 0.25) is 11.8 Å². The molecule has 0 bridgehead atoms. The van der Waals surface area contributed by atoms with Gasteiger partial charge in [-0.25, -0.2) is 0 Å². The van der Waals surface area contributed by atoms with Crippen LogP contribution in [0.5, 0.6) is 0 Å². The van der Waals surface area contributed by atoms with Crippen molar-refractivity contribution in [2.45, 2.75) is 18.8 Å². The predicted molar refractivity (Wildman–Crippen MR) is 96.0 cm³/mol. The summed E-state index contributed by atoms with van der Waals surface area (Å²) in [4.78, 5) is 26.2. The van der Waals surface area contributed by atoms with Crippen LogP contribution >= 0.6 is 0 Å². The van der Waals surface area contributed by atoms with E-state index in [9.17, 15) is 9.59 Å². The van der Waals surface area contributed by atoms with Crippen LogP contribution in [-0.4, -0.2) is 36.3 Å². The number of carbonyl (C=O) groups excluding carboxylic acids is 2. The van der Waals surface area contributed by atoms with E-state index in [0.29, 0.717) is 13.0 Å². The number of rotatable bonds is 4. The monoisotopic (exact) mass is 334 g/mol. The lowest BCUT2D eigenvalue weighted by Crippen LogP contribution is -2.35. The molecule has 25 heavy (non-hydrogen) atoms. The molecule has 1 N–H and O–H groups in total. The van der Waals surface area contributed by atoms with Crippen LogP contribution in [-0.2, 0) is 9.59 Å². The molecule has 0 saturated carbocycles. The third kappa shape index (κ3) is 3.10. The highest BCUT2D eigenvalue weighted by molar-refractivity contribution is 6.06. The zero-order valence-corrected chi connectivity index (χ0v) is 14.2. The van der Waals surface area contributed by atoms with Crippen molar-refractivity contribution in [2.24, 2.45) is 5.41 Å². The normalized spacial score (nSPS) is 23.6. The van der Waals surface area contributed by atoms with E-state index < -0.39 is 5.41 Å². The summed E-state index contributed by atoms with van der Waals surface area (Å²) in [5, 5.41) is 2.48. The molecular weight excluding hydrogens is 312 g/mol. The maximum Gasteiger partial charge on any atom is 0.234 e. The molecule has 4 rings (SSSR count). The Bertz CT molecular complexity index is 735. The Labute approximate surface area is 147 Å². The van der Waals surface area contributed by atoms with Gasteiger partial charge in [-0.15, -0.1) is 0 Å². The molecular formula is C21H22N2O2. The first-order valence-electron chi connectivity index (χ1n) is 8.83. The Morgan fingerprint density at radius 3 is 2.08 bits per heavy atom. The summed E-state index contributed by atoms with van der Waals surface area (Å²) in [7, 11) is 0. The minimum Gasteiger partial charge on any atom is -0.301 e. The van der Waals surface area contributed by atoms with Gasteiger partial charge in [0.25, 0.3) is 0 Å². The highest BCUT2D eigenvalue weighted by Gasteiger charge is 2.50. The fourth-order valence-electron chi connectivity index (χ4n) is 4.17. The molecule has 0 radical (unpaired) electrons. The molecule has 2 aromatic rings. The van der Waals surface area contributed by atoms with Crippen molar-refractivity contribution in [1.29, 1.82) is 0 Å². The van der Waals surface area contributed by atoms with Gasteiger partial charge in [-0.2, -0.15) is 0 Å². The second kappa shape index (κ2) is 6.45. The van der Waals surface area contributed by atoms with Gasteiger partial charge in [-0.3, -0.25) is 14.9 Å². The second-order valence-corrected chi connectivity index (χ2v) is 7.19.